The molecule has 3 rings (SSSR count). The molecule has 0 radical (unpaired) electrons. The first kappa shape index (κ1) is 11.6. The van der Waals surface area contributed by atoms with Crippen molar-refractivity contribution in [2.45, 2.75) is 6.54 Å². The topological polar surface area (TPSA) is 42.7 Å². The van der Waals surface area contributed by atoms with Crippen molar-refractivity contribution in [2.24, 2.45) is 7.05 Å². The standard InChI is InChI=1S/C14H13FN4/c1-19-11(4-7-18-19)9-17-13-5-6-16-14-8-10(15)2-3-12(13)14/h2-8H,9H2,1H3,(H,16,17). The number of pyridine rings is 1. The largest absolute Gasteiger partial charge is 0.379 e. The summed E-state index contributed by atoms with van der Waals surface area (Å²) in [5, 5.41) is 8.35. The summed E-state index contributed by atoms with van der Waals surface area (Å²) in [6.45, 7) is 0.660. The Labute approximate surface area is 109 Å². The minimum atomic E-state index is -0.274. The van der Waals surface area contributed by atoms with Gasteiger partial charge in [-0.2, -0.15) is 5.10 Å². The van der Waals surface area contributed by atoms with Gasteiger partial charge in [-0.25, -0.2) is 4.39 Å². The number of anilines is 1. The van der Waals surface area contributed by atoms with Gasteiger partial charge in [0.1, 0.15) is 5.82 Å². The molecule has 1 N–H and O–H groups in total. The van der Waals surface area contributed by atoms with Crippen LogP contribution in [0.3, 0.4) is 0 Å². The third-order valence-electron chi connectivity index (χ3n) is 3.09. The lowest BCUT2D eigenvalue weighted by atomic mass is 10.2. The Morgan fingerprint density at radius 3 is 2.89 bits per heavy atom. The minimum absolute atomic E-state index is 0.274. The number of aryl methyl sites for hydroxylation is 1. The smallest absolute Gasteiger partial charge is 0.125 e. The lowest BCUT2D eigenvalue weighted by Crippen LogP contribution is -2.05. The highest BCUT2D eigenvalue weighted by molar-refractivity contribution is 5.90. The van der Waals surface area contributed by atoms with Gasteiger partial charge in [0.25, 0.3) is 0 Å². The van der Waals surface area contributed by atoms with Crippen molar-refractivity contribution in [1.29, 1.82) is 0 Å². The second kappa shape index (κ2) is 4.68. The average Bonchev–Trinajstić information content (AvgIpc) is 2.81. The minimum Gasteiger partial charge on any atom is -0.379 e. The van der Waals surface area contributed by atoms with Crippen LogP contribution in [0, 0.1) is 5.82 Å². The van der Waals surface area contributed by atoms with E-state index < -0.39 is 0 Å². The van der Waals surface area contributed by atoms with E-state index in [-0.39, 0.29) is 5.82 Å². The van der Waals surface area contributed by atoms with Crippen LogP contribution >= 0.6 is 0 Å². The van der Waals surface area contributed by atoms with Crippen LogP contribution in [-0.2, 0) is 13.6 Å². The van der Waals surface area contributed by atoms with E-state index >= 15 is 0 Å². The number of hydrogen-bond acceptors (Lipinski definition) is 3. The molecule has 19 heavy (non-hydrogen) atoms. The number of nitrogens with zero attached hydrogens (tertiary/aromatic N) is 3. The quantitative estimate of drug-likeness (QED) is 0.783. The molecule has 3 aromatic rings. The fourth-order valence-electron chi connectivity index (χ4n) is 2.04. The van der Waals surface area contributed by atoms with Crippen LogP contribution in [0.2, 0.25) is 0 Å². The molecule has 0 aliphatic carbocycles. The van der Waals surface area contributed by atoms with Crippen molar-refractivity contribution in [3.63, 3.8) is 0 Å². The lowest BCUT2D eigenvalue weighted by molar-refractivity contribution is 0.629. The van der Waals surface area contributed by atoms with Gasteiger partial charge in [0.05, 0.1) is 17.8 Å². The van der Waals surface area contributed by atoms with Crippen LogP contribution in [0.1, 0.15) is 5.69 Å². The SMILES string of the molecule is Cn1nccc1CNc1ccnc2cc(F)ccc12. The van der Waals surface area contributed by atoms with Crippen molar-refractivity contribution < 1.29 is 4.39 Å². The van der Waals surface area contributed by atoms with Crippen molar-refractivity contribution >= 4 is 16.6 Å². The summed E-state index contributed by atoms with van der Waals surface area (Å²) in [5.41, 5.74) is 2.66. The summed E-state index contributed by atoms with van der Waals surface area (Å²) in [6, 6.07) is 8.46. The highest BCUT2D eigenvalue weighted by Crippen LogP contribution is 2.22. The van der Waals surface area contributed by atoms with Crippen LogP contribution in [0.15, 0.2) is 42.7 Å². The third-order valence-corrected chi connectivity index (χ3v) is 3.09. The van der Waals surface area contributed by atoms with E-state index in [4.69, 9.17) is 0 Å². The van der Waals surface area contributed by atoms with Crippen molar-refractivity contribution in [3.8, 4) is 0 Å². The number of halogens is 1. The Morgan fingerprint density at radius 2 is 2.11 bits per heavy atom. The van der Waals surface area contributed by atoms with E-state index in [1.54, 1.807) is 18.5 Å². The number of benzene rings is 1. The summed E-state index contributed by atoms with van der Waals surface area (Å²) in [7, 11) is 1.90. The molecule has 0 aliphatic heterocycles. The van der Waals surface area contributed by atoms with Crippen LogP contribution < -0.4 is 5.32 Å². The van der Waals surface area contributed by atoms with Crippen molar-refractivity contribution in [1.82, 2.24) is 14.8 Å². The molecule has 1 aromatic carbocycles. The molecule has 0 aliphatic rings. The lowest BCUT2D eigenvalue weighted by Gasteiger charge is -2.09. The third kappa shape index (κ3) is 2.27. The Bertz CT molecular complexity index is 720. The van der Waals surface area contributed by atoms with Gasteiger partial charge < -0.3 is 5.32 Å². The van der Waals surface area contributed by atoms with E-state index in [0.29, 0.717) is 12.1 Å². The van der Waals surface area contributed by atoms with Gasteiger partial charge in [0, 0.05) is 36.6 Å². The number of aromatic nitrogens is 3. The Balaban J connectivity index is 1.91. The fourth-order valence-corrected chi connectivity index (χ4v) is 2.04. The van der Waals surface area contributed by atoms with Gasteiger partial charge in [-0.15, -0.1) is 0 Å². The van der Waals surface area contributed by atoms with Gasteiger partial charge in [0.15, 0.2) is 0 Å². The van der Waals surface area contributed by atoms with Crippen LogP contribution in [0.4, 0.5) is 10.1 Å². The second-order valence-corrected chi connectivity index (χ2v) is 4.32. The molecule has 0 spiro atoms. The zero-order valence-electron chi connectivity index (χ0n) is 10.5. The molecule has 4 nitrogen and oxygen atoms in total. The maximum atomic E-state index is 13.2. The monoisotopic (exact) mass is 256 g/mol. The Morgan fingerprint density at radius 1 is 1.21 bits per heavy atom. The zero-order valence-corrected chi connectivity index (χ0v) is 10.5. The predicted octanol–water partition coefficient (Wildman–Crippen LogP) is 2.72. The Kier molecular flexibility index (Phi) is 2.87. The summed E-state index contributed by atoms with van der Waals surface area (Å²) < 4.78 is 15.0. The molecule has 2 heterocycles. The summed E-state index contributed by atoms with van der Waals surface area (Å²) in [4.78, 5) is 4.17. The van der Waals surface area contributed by atoms with Gasteiger partial charge in [0.2, 0.25) is 0 Å². The fraction of sp³-hybridized carbons (Fsp3) is 0.143. The normalized spacial score (nSPS) is 10.8. The maximum absolute atomic E-state index is 13.2. The highest BCUT2D eigenvalue weighted by Gasteiger charge is 2.04. The first-order chi connectivity index (χ1) is 9.24. The first-order valence-electron chi connectivity index (χ1n) is 5.99. The highest BCUT2D eigenvalue weighted by atomic mass is 19.1. The van der Waals surface area contributed by atoms with E-state index in [9.17, 15) is 4.39 Å². The number of hydrogen-bond donors (Lipinski definition) is 1. The molecular weight excluding hydrogens is 243 g/mol. The average molecular weight is 256 g/mol. The molecular formula is C14H13FN4. The predicted molar refractivity (Wildman–Crippen MR) is 72.2 cm³/mol. The molecule has 0 saturated carbocycles. The van der Waals surface area contributed by atoms with Crippen LogP contribution in [-0.4, -0.2) is 14.8 Å². The van der Waals surface area contributed by atoms with E-state index in [0.717, 1.165) is 16.8 Å². The summed E-state index contributed by atoms with van der Waals surface area (Å²) >= 11 is 0. The van der Waals surface area contributed by atoms with E-state index in [1.807, 2.05) is 23.9 Å². The molecule has 0 fully saturated rings. The van der Waals surface area contributed by atoms with Gasteiger partial charge >= 0.3 is 0 Å². The van der Waals surface area contributed by atoms with Crippen LogP contribution in [0.5, 0.6) is 0 Å². The summed E-state index contributed by atoms with van der Waals surface area (Å²) in [6.07, 6.45) is 3.43. The number of nitrogens with one attached hydrogen (secondary N) is 1. The molecule has 0 amide bonds. The molecule has 96 valence electrons. The van der Waals surface area contributed by atoms with Gasteiger partial charge in [-0.1, -0.05) is 0 Å². The summed E-state index contributed by atoms with van der Waals surface area (Å²) in [5.74, 6) is -0.274. The maximum Gasteiger partial charge on any atom is 0.125 e. The zero-order chi connectivity index (χ0) is 13.2. The molecule has 0 bridgehead atoms. The van der Waals surface area contributed by atoms with E-state index in [1.165, 1.54) is 12.1 Å². The number of rotatable bonds is 3. The van der Waals surface area contributed by atoms with Crippen molar-refractivity contribution in [3.05, 3.63) is 54.2 Å². The van der Waals surface area contributed by atoms with E-state index in [2.05, 4.69) is 15.4 Å². The number of fused-ring (bicyclic) bond motifs is 1. The first-order valence-corrected chi connectivity index (χ1v) is 5.99. The van der Waals surface area contributed by atoms with Gasteiger partial charge in [-0.05, 0) is 24.3 Å². The molecule has 0 saturated heterocycles. The van der Waals surface area contributed by atoms with Crippen LogP contribution in [0.25, 0.3) is 10.9 Å². The van der Waals surface area contributed by atoms with Gasteiger partial charge in [-0.3, -0.25) is 9.67 Å². The second-order valence-electron chi connectivity index (χ2n) is 4.32. The molecule has 2 aromatic heterocycles. The molecule has 0 unspecified atom stereocenters. The Hall–Kier alpha value is -2.43. The molecule has 5 heteroatoms. The van der Waals surface area contributed by atoms with Crippen molar-refractivity contribution in [2.75, 3.05) is 5.32 Å². The molecule has 0 atom stereocenters.